The van der Waals surface area contributed by atoms with Crippen LogP contribution in [0, 0.1) is 0 Å². The molecule has 16 heavy (non-hydrogen) atoms. The second-order valence-electron chi connectivity index (χ2n) is 3.77. The molecular formula is C11H17N5. The molecule has 5 heteroatoms. The van der Waals surface area contributed by atoms with Gasteiger partial charge in [0.2, 0.25) is 0 Å². The second-order valence-corrected chi connectivity index (χ2v) is 3.77. The summed E-state index contributed by atoms with van der Waals surface area (Å²) in [5.74, 6) is 0.134. The molecule has 1 aromatic rings. The molecule has 1 saturated heterocycles. The molecule has 0 amide bonds. The zero-order chi connectivity index (χ0) is 11.4. The lowest BCUT2D eigenvalue weighted by Crippen LogP contribution is -2.51. The van der Waals surface area contributed by atoms with Gasteiger partial charge in [0.05, 0.1) is 0 Å². The molecule has 1 aromatic carbocycles. The van der Waals surface area contributed by atoms with Crippen molar-refractivity contribution in [3.05, 3.63) is 30.3 Å². The molecule has 5 nitrogen and oxygen atoms in total. The summed E-state index contributed by atoms with van der Waals surface area (Å²) in [5, 5.41) is 3.28. The number of guanidine groups is 1. The van der Waals surface area contributed by atoms with E-state index in [4.69, 9.17) is 11.5 Å². The molecule has 0 bridgehead atoms. The van der Waals surface area contributed by atoms with E-state index in [2.05, 4.69) is 27.3 Å². The Morgan fingerprint density at radius 1 is 1.31 bits per heavy atom. The van der Waals surface area contributed by atoms with Crippen LogP contribution in [0.3, 0.4) is 0 Å². The first-order valence-corrected chi connectivity index (χ1v) is 5.38. The SMILES string of the molecule is NC(N)=NC1CNCCN1c1ccccc1. The van der Waals surface area contributed by atoms with E-state index in [0.29, 0.717) is 0 Å². The van der Waals surface area contributed by atoms with Gasteiger partial charge in [-0.05, 0) is 12.1 Å². The van der Waals surface area contributed by atoms with Crippen molar-refractivity contribution in [2.75, 3.05) is 24.5 Å². The molecule has 0 aromatic heterocycles. The standard InChI is InChI=1S/C11H17N5/c12-11(13)15-10-8-14-6-7-16(10)9-4-2-1-3-5-9/h1-5,10,14H,6-8H2,(H4,12,13,15). The van der Waals surface area contributed by atoms with Crippen molar-refractivity contribution in [2.45, 2.75) is 6.17 Å². The predicted octanol–water partition coefficient (Wildman–Crippen LogP) is -0.304. The lowest BCUT2D eigenvalue weighted by molar-refractivity contribution is 0.488. The van der Waals surface area contributed by atoms with Crippen LogP contribution >= 0.6 is 0 Å². The zero-order valence-electron chi connectivity index (χ0n) is 9.13. The summed E-state index contributed by atoms with van der Waals surface area (Å²) < 4.78 is 0. The fraction of sp³-hybridized carbons (Fsp3) is 0.364. The third-order valence-corrected chi connectivity index (χ3v) is 2.60. The molecule has 1 fully saturated rings. The fourth-order valence-electron chi connectivity index (χ4n) is 1.90. The number of nitrogens with zero attached hydrogens (tertiary/aromatic N) is 2. The summed E-state index contributed by atoms with van der Waals surface area (Å²) in [6, 6.07) is 10.2. The molecule has 1 heterocycles. The van der Waals surface area contributed by atoms with Gasteiger partial charge in [0.1, 0.15) is 6.17 Å². The van der Waals surface area contributed by atoms with Crippen LogP contribution in [0.2, 0.25) is 0 Å². The number of para-hydroxylation sites is 1. The van der Waals surface area contributed by atoms with E-state index in [-0.39, 0.29) is 12.1 Å². The van der Waals surface area contributed by atoms with Gasteiger partial charge in [-0.3, -0.25) is 0 Å². The number of nitrogens with two attached hydrogens (primary N) is 2. The van der Waals surface area contributed by atoms with Crippen LogP contribution in [-0.2, 0) is 0 Å². The maximum atomic E-state index is 5.44. The van der Waals surface area contributed by atoms with Crippen LogP contribution in [0.1, 0.15) is 0 Å². The van der Waals surface area contributed by atoms with Gasteiger partial charge in [-0.2, -0.15) is 0 Å². The zero-order valence-corrected chi connectivity index (χ0v) is 9.13. The Kier molecular flexibility index (Phi) is 3.26. The summed E-state index contributed by atoms with van der Waals surface area (Å²) >= 11 is 0. The van der Waals surface area contributed by atoms with E-state index in [1.165, 1.54) is 0 Å². The van der Waals surface area contributed by atoms with E-state index in [1.54, 1.807) is 0 Å². The van der Waals surface area contributed by atoms with E-state index in [9.17, 15) is 0 Å². The smallest absolute Gasteiger partial charge is 0.188 e. The maximum Gasteiger partial charge on any atom is 0.188 e. The van der Waals surface area contributed by atoms with Crippen LogP contribution in [0.15, 0.2) is 35.3 Å². The van der Waals surface area contributed by atoms with Crippen LogP contribution in [-0.4, -0.2) is 31.8 Å². The van der Waals surface area contributed by atoms with Crippen molar-refractivity contribution in [2.24, 2.45) is 16.5 Å². The first kappa shape index (κ1) is 10.8. The van der Waals surface area contributed by atoms with Gasteiger partial charge >= 0.3 is 0 Å². The molecule has 0 radical (unpaired) electrons. The first-order valence-electron chi connectivity index (χ1n) is 5.38. The third kappa shape index (κ3) is 2.43. The minimum atomic E-state index is -0.0128. The van der Waals surface area contributed by atoms with Gasteiger partial charge in [0.15, 0.2) is 5.96 Å². The molecular weight excluding hydrogens is 202 g/mol. The van der Waals surface area contributed by atoms with Gasteiger partial charge in [0, 0.05) is 25.3 Å². The van der Waals surface area contributed by atoms with Crippen LogP contribution in [0.5, 0.6) is 0 Å². The molecule has 2 rings (SSSR count). The number of benzene rings is 1. The molecule has 1 aliphatic heterocycles. The van der Waals surface area contributed by atoms with Gasteiger partial charge in [-0.1, -0.05) is 18.2 Å². The predicted molar refractivity (Wildman–Crippen MR) is 66.3 cm³/mol. The topological polar surface area (TPSA) is 79.7 Å². The Labute approximate surface area is 95.1 Å². The van der Waals surface area contributed by atoms with E-state index in [1.807, 2.05) is 18.2 Å². The van der Waals surface area contributed by atoms with Gasteiger partial charge < -0.3 is 21.7 Å². The largest absolute Gasteiger partial charge is 0.370 e. The van der Waals surface area contributed by atoms with Crippen molar-refractivity contribution in [3.8, 4) is 0 Å². The Hall–Kier alpha value is -1.75. The number of rotatable bonds is 2. The average Bonchev–Trinajstić information content (AvgIpc) is 2.30. The van der Waals surface area contributed by atoms with Crippen molar-refractivity contribution < 1.29 is 0 Å². The molecule has 1 aliphatic rings. The fourth-order valence-corrected chi connectivity index (χ4v) is 1.90. The minimum absolute atomic E-state index is 0.0128. The number of aliphatic imine (C=N–C) groups is 1. The number of hydrogen-bond donors (Lipinski definition) is 3. The average molecular weight is 219 g/mol. The highest BCUT2D eigenvalue weighted by molar-refractivity contribution is 5.76. The van der Waals surface area contributed by atoms with Crippen molar-refractivity contribution in [3.63, 3.8) is 0 Å². The Bertz CT molecular complexity index is 358. The quantitative estimate of drug-likeness (QED) is 0.471. The normalized spacial score (nSPS) is 20.5. The van der Waals surface area contributed by atoms with E-state index < -0.39 is 0 Å². The highest BCUT2D eigenvalue weighted by Gasteiger charge is 2.21. The Morgan fingerprint density at radius 2 is 2.06 bits per heavy atom. The van der Waals surface area contributed by atoms with Crippen LogP contribution in [0.4, 0.5) is 5.69 Å². The molecule has 0 spiro atoms. The number of anilines is 1. The summed E-state index contributed by atoms with van der Waals surface area (Å²) in [7, 11) is 0. The molecule has 1 unspecified atom stereocenters. The number of nitrogens with one attached hydrogen (secondary N) is 1. The monoisotopic (exact) mass is 219 g/mol. The van der Waals surface area contributed by atoms with Crippen LogP contribution < -0.4 is 21.7 Å². The van der Waals surface area contributed by atoms with Gasteiger partial charge in [-0.15, -0.1) is 0 Å². The lowest BCUT2D eigenvalue weighted by atomic mass is 10.2. The van der Waals surface area contributed by atoms with Crippen LogP contribution in [0.25, 0.3) is 0 Å². The van der Waals surface area contributed by atoms with E-state index in [0.717, 1.165) is 25.3 Å². The maximum absolute atomic E-state index is 5.44. The number of hydrogen-bond acceptors (Lipinski definition) is 3. The second kappa shape index (κ2) is 4.85. The van der Waals surface area contributed by atoms with E-state index >= 15 is 0 Å². The highest BCUT2D eigenvalue weighted by atomic mass is 15.3. The minimum Gasteiger partial charge on any atom is -0.370 e. The lowest BCUT2D eigenvalue weighted by Gasteiger charge is -2.35. The third-order valence-electron chi connectivity index (χ3n) is 2.60. The number of piperazine rings is 1. The van der Waals surface area contributed by atoms with Crippen molar-refractivity contribution in [1.82, 2.24) is 5.32 Å². The highest BCUT2D eigenvalue weighted by Crippen LogP contribution is 2.18. The van der Waals surface area contributed by atoms with Gasteiger partial charge in [-0.25, -0.2) is 4.99 Å². The Morgan fingerprint density at radius 3 is 2.75 bits per heavy atom. The summed E-state index contributed by atoms with van der Waals surface area (Å²) in [5.41, 5.74) is 12.0. The molecule has 1 atom stereocenters. The summed E-state index contributed by atoms with van der Waals surface area (Å²) in [6.07, 6.45) is -0.0128. The van der Waals surface area contributed by atoms with Crippen molar-refractivity contribution >= 4 is 11.6 Å². The van der Waals surface area contributed by atoms with Crippen molar-refractivity contribution in [1.29, 1.82) is 0 Å². The first-order chi connectivity index (χ1) is 7.77. The summed E-state index contributed by atoms with van der Waals surface area (Å²) in [4.78, 5) is 6.43. The summed E-state index contributed by atoms with van der Waals surface area (Å²) in [6.45, 7) is 2.63. The molecule has 0 saturated carbocycles. The molecule has 5 N–H and O–H groups in total. The molecule has 0 aliphatic carbocycles. The van der Waals surface area contributed by atoms with Gasteiger partial charge in [0.25, 0.3) is 0 Å². The Balaban J connectivity index is 2.20. The molecule has 86 valence electrons.